The van der Waals surface area contributed by atoms with Gasteiger partial charge in [0.2, 0.25) is 5.91 Å². The van der Waals surface area contributed by atoms with Crippen molar-refractivity contribution in [1.29, 1.82) is 0 Å². The van der Waals surface area contributed by atoms with Crippen LogP contribution in [0.3, 0.4) is 0 Å². The number of carbonyl (C=O) groups is 2. The highest BCUT2D eigenvalue weighted by atomic mass is 32.2. The van der Waals surface area contributed by atoms with Crippen LogP contribution in [0.4, 0.5) is 5.69 Å². The second kappa shape index (κ2) is 8.85. The Labute approximate surface area is 168 Å². The Morgan fingerprint density at radius 2 is 1.82 bits per heavy atom. The van der Waals surface area contributed by atoms with Gasteiger partial charge in [0, 0.05) is 18.0 Å². The molecule has 1 aliphatic rings. The zero-order chi connectivity index (χ0) is 20.1. The molecule has 1 aromatic carbocycles. The number of anilines is 1. The summed E-state index contributed by atoms with van der Waals surface area (Å²) in [6.07, 6.45) is 2.82. The fourth-order valence-corrected chi connectivity index (χ4v) is 6.08. The topological polar surface area (TPSA) is 92.8 Å². The Bertz CT molecular complexity index is 962. The number of para-hydroxylation sites is 1. The normalized spacial score (nSPS) is 15.2. The SMILES string of the molecule is COC(=O)c1ccccc1NC(=O)Cc1ccc(S(=O)(=O)N2CCCCC2)s1. The van der Waals surface area contributed by atoms with E-state index >= 15 is 0 Å². The van der Waals surface area contributed by atoms with Crippen LogP contribution in [-0.4, -0.2) is 44.8 Å². The lowest BCUT2D eigenvalue weighted by atomic mass is 10.1. The van der Waals surface area contributed by atoms with Crippen LogP contribution in [-0.2, 0) is 26.0 Å². The highest BCUT2D eigenvalue weighted by Gasteiger charge is 2.27. The molecule has 0 spiro atoms. The van der Waals surface area contributed by atoms with Crippen molar-refractivity contribution < 1.29 is 22.7 Å². The van der Waals surface area contributed by atoms with Gasteiger partial charge in [0.1, 0.15) is 4.21 Å². The van der Waals surface area contributed by atoms with E-state index in [4.69, 9.17) is 4.74 Å². The molecule has 150 valence electrons. The van der Waals surface area contributed by atoms with Gasteiger partial charge in [-0.05, 0) is 37.1 Å². The quantitative estimate of drug-likeness (QED) is 0.723. The number of sulfonamides is 1. The lowest BCUT2D eigenvalue weighted by molar-refractivity contribution is -0.115. The average molecular weight is 423 g/mol. The summed E-state index contributed by atoms with van der Waals surface area (Å²) >= 11 is 1.11. The van der Waals surface area contributed by atoms with E-state index in [9.17, 15) is 18.0 Å². The van der Waals surface area contributed by atoms with Crippen molar-refractivity contribution >= 4 is 38.9 Å². The highest BCUT2D eigenvalue weighted by molar-refractivity contribution is 7.91. The first-order valence-corrected chi connectivity index (χ1v) is 11.2. The van der Waals surface area contributed by atoms with Crippen LogP contribution in [0.15, 0.2) is 40.6 Å². The lowest BCUT2D eigenvalue weighted by Gasteiger charge is -2.25. The third kappa shape index (κ3) is 4.60. The van der Waals surface area contributed by atoms with Gasteiger partial charge in [0.25, 0.3) is 10.0 Å². The van der Waals surface area contributed by atoms with Crippen LogP contribution in [0.5, 0.6) is 0 Å². The predicted octanol–water partition coefficient (Wildman–Crippen LogP) is 2.89. The summed E-state index contributed by atoms with van der Waals surface area (Å²) in [4.78, 5) is 24.8. The second-order valence-corrected chi connectivity index (χ2v) is 9.78. The Morgan fingerprint density at radius 3 is 2.54 bits per heavy atom. The molecule has 0 saturated carbocycles. The van der Waals surface area contributed by atoms with Crippen molar-refractivity contribution in [2.24, 2.45) is 0 Å². The van der Waals surface area contributed by atoms with E-state index in [0.29, 0.717) is 23.7 Å². The molecule has 3 rings (SSSR count). The van der Waals surface area contributed by atoms with Gasteiger partial charge < -0.3 is 10.1 Å². The molecule has 7 nitrogen and oxygen atoms in total. The van der Waals surface area contributed by atoms with E-state index in [1.165, 1.54) is 11.4 Å². The molecule has 1 aliphatic heterocycles. The van der Waals surface area contributed by atoms with Crippen LogP contribution >= 0.6 is 11.3 Å². The molecular formula is C19H22N2O5S2. The van der Waals surface area contributed by atoms with E-state index in [0.717, 1.165) is 30.6 Å². The first-order chi connectivity index (χ1) is 13.4. The smallest absolute Gasteiger partial charge is 0.339 e. The number of amides is 1. The first kappa shape index (κ1) is 20.5. The molecule has 2 aromatic rings. The third-order valence-electron chi connectivity index (χ3n) is 4.49. The Balaban J connectivity index is 1.69. The van der Waals surface area contributed by atoms with Gasteiger partial charge in [-0.15, -0.1) is 11.3 Å². The minimum atomic E-state index is -3.50. The number of nitrogens with zero attached hydrogens (tertiary/aromatic N) is 1. The van der Waals surface area contributed by atoms with Crippen molar-refractivity contribution in [2.45, 2.75) is 29.9 Å². The van der Waals surface area contributed by atoms with E-state index < -0.39 is 16.0 Å². The average Bonchev–Trinajstić information content (AvgIpc) is 3.17. The van der Waals surface area contributed by atoms with Crippen molar-refractivity contribution in [2.75, 3.05) is 25.5 Å². The summed E-state index contributed by atoms with van der Waals surface area (Å²) in [7, 11) is -2.22. The number of benzene rings is 1. The van der Waals surface area contributed by atoms with E-state index in [1.807, 2.05) is 0 Å². The molecule has 0 radical (unpaired) electrons. The second-order valence-electron chi connectivity index (χ2n) is 6.45. The molecule has 1 aromatic heterocycles. The molecular weight excluding hydrogens is 400 g/mol. The van der Waals surface area contributed by atoms with Gasteiger partial charge in [-0.3, -0.25) is 4.79 Å². The Kier molecular flexibility index (Phi) is 6.48. The molecule has 0 unspecified atom stereocenters. The minimum Gasteiger partial charge on any atom is -0.465 e. The Morgan fingerprint density at radius 1 is 1.11 bits per heavy atom. The van der Waals surface area contributed by atoms with Gasteiger partial charge >= 0.3 is 5.97 Å². The molecule has 28 heavy (non-hydrogen) atoms. The third-order valence-corrected chi connectivity index (χ3v) is 7.94. The number of esters is 1. The maximum atomic E-state index is 12.7. The van der Waals surface area contributed by atoms with Crippen LogP contribution in [0.1, 0.15) is 34.5 Å². The number of rotatable bonds is 6. The van der Waals surface area contributed by atoms with Crippen molar-refractivity contribution in [1.82, 2.24) is 4.31 Å². The Hall–Kier alpha value is -2.23. The van der Waals surface area contributed by atoms with Gasteiger partial charge in [0.05, 0.1) is 24.8 Å². The predicted molar refractivity (Wildman–Crippen MR) is 107 cm³/mol. The number of methoxy groups -OCH3 is 1. The van der Waals surface area contributed by atoms with E-state index in [2.05, 4.69) is 5.32 Å². The number of carbonyl (C=O) groups excluding carboxylic acids is 2. The van der Waals surface area contributed by atoms with Crippen molar-refractivity contribution in [3.8, 4) is 0 Å². The molecule has 1 saturated heterocycles. The van der Waals surface area contributed by atoms with Crippen molar-refractivity contribution in [3.05, 3.63) is 46.8 Å². The molecule has 2 heterocycles. The summed E-state index contributed by atoms with van der Waals surface area (Å²) in [5, 5.41) is 2.69. The number of hydrogen-bond acceptors (Lipinski definition) is 6. The van der Waals surface area contributed by atoms with Crippen LogP contribution < -0.4 is 5.32 Å². The van der Waals surface area contributed by atoms with Crippen LogP contribution in [0, 0.1) is 0 Å². The molecule has 0 bridgehead atoms. The number of piperidine rings is 1. The van der Waals surface area contributed by atoms with Gasteiger partial charge in [-0.25, -0.2) is 13.2 Å². The summed E-state index contributed by atoms with van der Waals surface area (Å²) < 4.78 is 31.9. The molecule has 1 amide bonds. The summed E-state index contributed by atoms with van der Waals surface area (Å²) in [5.41, 5.74) is 0.620. The fraction of sp³-hybridized carbons (Fsp3) is 0.368. The van der Waals surface area contributed by atoms with Crippen LogP contribution in [0.2, 0.25) is 0 Å². The standard InChI is InChI=1S/C19H22N2O5S2/c1-26-19(23)15-7-3-4-8-16(15)20-17(22)13-14-9-10-18(27-14)28(24,25)21-11-5-2-6-12-21/h3-4,7-10H,2,5-6,11-13H2,1H3,(H,20,22). The van der Waals surface area contributed by atoms with E-state index in [1.54, 1.807) is 36.4 Å². The number of ether oxygens (including phenoxy) is 1. The largest absolute Gasteiger partial charge is 0.465 e. The molecule has 1 fully saturated rings. The summed E-state index contributed by atoms with van der Waals surface area (Å²) in [6, 6.07) is 9.78. The zero-order valence-electron chi connectivity index (χ0n) is 15.5. The van der Waals surface area contributed by atoms with E-state index in [-0.39, 0.29) is 22.1 Å². The maximum absolute atomic E-state index is 12.7. The maximum Gasteiger partial charge on any atom is 0.339 e. The number of hydrogen-bond donors (Lipinski definition) is 1. The minimum absolute atomic E-state index is 0.0235. The molecule has 0 atom stereocenters. The monoisotopic (exact) mass is 422 g/mol. The van der Waals surface area contributed by atoms with Gasteiger partial charge in [-0.1, -0.05) is 18.6 Å². The fourth-order valence-electron chi connectivity index (χ4n) is 3.06. The first-order valence-electron chi connectivity index (χ1n) is 8.98. The van der Waals surface area contributed by atoms with Crippen LogP contribution in [0.25, 0.3) is 0 Å². The molecule has 0 aliphatic carbocycles. The van der Waals surface area contributed by atoms with Gasteiger partial charge in [-0.2, -0.15) is 4.31 Å². The lowest BCUT2D eigenvalue weighted by Crippen LogP contribution is -2.35. The number of nitrogens with one attached hydrogen (secondary N) is 1. The van der Waals surface area contributed by atoms with Crippen molar-refractivity contribution in [3.63, 3.8) is 0 Å². The molecule has 9 heteroatoms. The summed E-state index contributed by atoms with van der Waals surface area (Å²) in [5.74, 6) is -0.873. The highest BCUT2D eigenvalue weighted by Crippen LogP contribution is 2.27. The van der Waals surface area contributed by atoms with Gasteiger partial charge in [0.15, 0.2) is 0 Å². The molecule has 1 N–H and O–H groups in total. The zero-order valence-corrected chi connectivity index (χ0v) is 17.1. The number of thiophene rings is 1. The summed E-state index contributed by atoms with van der Waals surface area (Å²) in [6.45, 7) is 1.08.